The predicted molar refractivity (Wildman–Crippen MR) is 79.7 cm³/mol. The summed E-state index contributed by atoms with van der Waals surface area (Å²) < 4.78 is 0. The van der Waals surface area contributed by atoms with Gasteiger partial charge in [-0.2, -0.15) is 0 Å². The Morgan fingerprint density at radius 3 is 2.80 bits per heavy atom. The van der Waals surface area contributed by atoms with Gasteiger partial charge in [0.2, 0.25) is 11.8 Å². The van der Waals surface area contributed by atoms with E-state index in [4.69, 9.17) is 0 Å². The van der Waals surface area contributed by atoms with Crippen molar-refractivity contribution in [2.24, 2.45) is 5.92 Å². The molecule has 0 spiro atoms. The number of amides is 2. The maximum absolute atomic E-state index is 12.1. The maximum Gasteiger partial charge on any atom is 0.227 e. The summed E-state index contributed by atoms with van der Waals surface area (Å²) in [5.74, 6) is -0.198. The Balaban J connectivity index is 2.11. The number of aryl methyl sites for hydroxylation is 2. The second kappa shape index (κ2) is 6.07. The van der Waals surface area contributed by atoms with Gasteiger partial charge in [0, 0.05) is 25.2 Å². The number of carbonyl (C=O) groups excluding carboxylic acids is 2. The van der Waals surface area contributed by atoms with Crippen molar-refractivity contribution >= 4 is 17.5 Å². The minimum absolute atomic E-state index is 0.00698. The molecule has 20 heavy (non-hydrogen) atoms. The van der Waals surface area contributed by atoms with Crippen molar-refractivity contribution in [3.8, 4) is 0 Å². The van der Waals surface area contributed by atoms with E-state index in [0.29, 0.717) is 19.5 Å². The average Bonchev–Trinajstić information content (AvgIpc) is 2.78. The molecule has 0 bridgehead atoms. The lowest BCUT2D eigenvalue weighted by molar-refractivity contribution is -0.126. The highest BCUT2D eigenvalue weighted by Gasteiger charge is 2.35. The molecular formula is C16H22N2O2. The molecule has 108 valence electrons. The third-order valence-electron chi connectivity index (χ3n) is 3.69. The quantitative estimate of drug-likeness (QED) is 0.915. The molecule has 2 rings (SSSR count). The first-order valence-electron chi connectivity index (χ1n) is 7.18. The highest BCUT2D eigenvalue weighted by Crippen LogP contribution is 2.28. The van der Waals surface area contributed by atoms with E-state index in [-0.39, 0.29) is 17.7 Å². The molecule has 2 amide bonds. The molecule has 1 aromatic carbocycles. The van der Waals surface area contributed by atoms with Crippen LogP contribution in [0.25, 0.3) is 0 Å². The van der Waals surface area contributed by atoms with Gasteiger partial charge in [0.1, 0.15) is 0 Å². The molecule has 1 saturated heterocycles. The van der Waals surface area contributed by atoms with Crippen molar-refractivity contribution in [2.75, 3.05) is 18.0 Å². The summed E-state index contributed by atoms with van der Waals surface area (Å²) in [6.45, 7) is 7.21. The van der Waals surface area contributed by atoms with Crippen LogP contribution in [0, 0.1) is 19.8 Å². The molecule has 0 aliphatic carbocycles. The van der Waals surface area contributed by atoms with Gasteiger partial charge >= 0.3 is 0 Å². The summed E-state index contributed by atoms with van der Waals surface area (Å²) in [5, 5.41) is 2.87. The second-order valence-corrected chi connectivity index (χ2v) is 5.49. The van der Waals surface area contributed by atoms with Crippen molar-refractivity contribution in [2.45, 2.75) is 33.6 Å². The third-order valence-corrected chi connectivity index (χ3v) is 3.69. The van der Waals surface area contributed by atoms with Gasteiger partial charge in [-0.25, -0.2) is 0 Å². The molecule has 0 saturated carbocycles. The van der Waals surface area contributed by atoms with Gasteiger partial charge in [-0.05, 0) is 31.9 Å². The highest BCUT2D eigenvalue weighted by atomic mass is 16.2. The Morgan fingerprint density at radius 2 is 2.15 bits per heavy atom. The lowest BCUT2D eigenvalue weighted by Gasteiger charge is -2.19. The zero-order valence-electron chi connectivity index (χ0n) is 12.4. The normalized spacial score (nSPS) is 18.4. The number of rotatable bonds is 4. The molecule has 1 N–H and O–H groups in total. The summed E-state index contributed by atoms with van der Waals surface area (Å²) in [6.07, 6.45) is 1.22. The topological polar surface area (TPSA) is 49.4 Å². The third kappa shape index (κ3) is 3.00. The molecule has 1 unspecified atom stereocenters. The second-order valence-electron chi connectivity index (χ2n) is 5.49. The first-order chi connectivity index (χ1) is 9.52. The molecule has 0 radical (unpaired) electrons. The van der Waals surface area contributed by atoms with Crippen molar-refractivity contribution in [3.63, 3.8) is 0 Å². The van der Waals surface area contributed by atoms with Gasteiger partial charge in [0.05, 0.1) is 5.92 Å². The fraction of sp³-hybridized carbons (Fsp3) is 0.500. The standard InChI is InChI=1S/C16H22N2O2/c1-4-7-17-16(20)13-9-15(19)18(10-13)14-6-5-11(2)8-12(14)3/h5-6,8,13H,4,7,9-10H2,1-3H3,(H,17,20). The van der Waals surface area contributed by atoms with Gasteiger partial charge in [-0.1, -0.05) is 24.6 Å². The zero-order valence-corrected chi connectivity index (χ0v) is 12.4. The van der Waals surface area contributed by atoms with E-state index in [0.717, 1.165) is 17.7 Å². The summed E-state index contributed by atoms with van der Waals surface area (Å²) in [4.78, 5) is 25.9. The average molecular weight is 274 g/mol. The number of hydrogen-bond acceptors (Lipinski definition) is 2. The van der Waals surface area contributed by atoms with E-state index in [1.807, 2.05) is 32.9 Å². The van der Waals surface area contributed by atoms with E-state index in [1.54, 1.807) is 4.90 Å². The number of benzene rings is 1. The Hall–Kier alpha value is -1.84. The van der Waals surface area contributed by atoms with E-state index < -0.39 is 0 Å². The summed E-state index contributed by atoms with van der Waals surface area (Å²) >= 11 is 0. The molecule has 1 atom stereocenters. The lowest BCUT2D eigenvalue weighted by atomic mass is 10.1. The van der Waals surface area contributed by atoms with Gasteiger partial charge < -0.3 is 10.2 Å². The number of nitrogens with one attached hydrogen (secondary N) is 1. The van der Waals surface area contributed by atoms with Gasteiger partial charge in [-0.15, -0.1) is 0 Å². The summed E-state index contributed by atoms with van der Waals surface area (Å²) in [7, 11) is 0. The molecule has 0 aromatic heterocycles. The number of hydrogen-bond donors (Lipinski definition) is 1. The van der Waals surface area contributed by atoms with E-state index in [9.17, 15) is 9.59 Å². The Labute approximate surface area is 120 Å². The molecule has 4 nitrogen and oxygen atoms in total. The number of anilines is 1. The van der Waals surface area contributed by atoms with Crippen molar-refractivity contribution < 1.29 is 9.59 Å². The first-order valence-corrected chi connectivity index (χ1v) is 7.18. The molecule has 4 heteroatoms. The van der Waals surface area contributed by atoms with Crippen LogP contribution in [-0.4, -0.2) is 24.9 Å². The fourth-order valence-corrected chi connectivity index (χ4v) is 2.62. The van der Waals surface area contributed by atoms with Crippen LogP contribution in [0.15, 0.2) is 18.2 Å². The lowest BCUT2D eigenvalue weighted by Crippen LogP contribution is -2.33. The van der Waals surface area contributed by atoms with Gasteiger partial charge in [0.15, 0.2) is 0 Å². The van der Waals surface area contributed by atoms with Crippen LogP contribution in [0.5, 0.6) is 0 Å². The van der Waals surface area contributed by atoms with Crippen LogP contribution in [-0.2, 0) is 9.59 Å². The maximum atomic E-state index is 12.1. The zero-order chi connectivity index (χ0) is 14.7. The molecule has 1 fully saturated rings. The molecule has 1 aliphatic rings. The van der Waals surface area contributed by atoms with Crippen LogP contribution in [0.3, 0.4) is 0 Å². The van der Waals surface area contributed by atoms with Crippen molar-refractivity contribution in [1.29, 1.82) is 0 Å². The number of nitrogens with zero attached hydrogens (tertiary/aromatic N) is 1. The number of carbonyl (C=O) groups is 2. The van der Waals surface area contributed by atoms with Crippen LogP contribution in [0.1, 0.15) is 30.9 Å². The van der Waals surface area contributed by atoms with E-state index >= 15 is 0 Å². The van der Waals surface area contributed by atoms with Gasteiger partial charge in [0.25, 0.3) is 0 Å². The highest BCUT2D eigenvalue weighted by molar-refractivity contribution is 6.00. The van der Waals surface area contributed by atoms with Crippen LogP contribution < -0.4 is 10.2 Å². The fourth-order valence-electron chi connectivity index (χ4n) is 2.62. The SMILES string of the molecule is CCCNC(=O)C1CC(=O)N(c2ccc(C)cc2C)C1. The van der Waals surface area contributed by atoms with Gasteiger partial charge in [-0.3, -0.25) is 9.59 Å². The predicted octanol–water partition coefficient (Wildman–Crippen LogP) is 2.18. The molecule has 1 aliphatic heterocycles. The van der Waals surface area contributed by atoms with Crippen LogP contribution >= 0.6 is 0 Å². The molecule has 1 aromatic rings. The smallest absolute Gasteiger partial charge is 0.227 e. The van der Waals surface area contributed by atoms with Crippen molar-refractivity contribution in [3.05, 3.63) is 29.3 Å². The summed E-state index contributed by atoms with van der Waals surface area (Å²) in [5.41, 5.74) is 3.18. The van der Waals surface area contributed by atoms with E-state index in [1.165, 1.54) is 5.56 Å². The van der Waals surface area contributed by atoms with Crippen LogP contribution in [0.2, 0.25) is 0 Å². The molecular weight excluding hydrogens is 252 g/mol. The monoisotopic (exact) mass is 274 g/mol. The van der Waals surface area contributed by atoms with E-state index in [2.05, 4.69) is 11.4 Å². The molecule has 1 heterocycles. The Bertz CT molecular complexity index is 525. The first kappa shape index (κ1) is 14.6. The summed E-state index contributed by atoms with van der Waals surface area (Å²) in [6, 6.07) is 6.03. The Kier molecular flexibility index (Phi) is 4.42. The van der Waals surface area contributed by atoms with Crippen molar-refractivity contribution in [1.82, 2.24) is 5.32 Å². The Morgan fingerprint density at radius 1 is 1.40 bits per heavy atom. The van der Waals surface area contributed by atoms with Crippen LogP contribution in [0.4, 0.5) is 5.69 Å². The minimum atomic E-state index is -0.227. The largest absolute Gasteiger partial charge is 0.356 e. The minimum Gasteiger partial charge on any atom is -0.356 e.